The number of aliphatic hydroxyl groups excluding tert-OH is 6. The smallest absolute Gasteiger partial charge is 0.248 e. The van der Waals surface area contributed by atoms with Crippen molar-refractivity contribution in [2.45, 2.75) is 163 Å². The highest BCUT2D eigenvalue weighted by atomic mass is 35.5. The lowest BCUT2D eigenvalue weighted by Gasteiger charge is -2.47. The molecule has 7 aliphatic rings. The van der Waals surface area contributed by atoms with Gasteiger partial charge in [0.25, 0.3) is 0 Å². The SMILES string of the molecule is CN[C@H](CC(C)C)C(=O)N[C@H]1C(=O)N[C@@H](CC(N)=O)C(=O)NC2C(=O)N[C@H]3C(=O)N[C@H](C(=O)NC(C(=O)NCC(=O)Nc4ccc(C)cc4Cl)c4cc(O)cc(O)c4-c4cc3ccc4O)[C@H](O)c3ccc(c(Cl)c3)Oc3cc2cc(c3O[C@@H]2O[C@H](CO)[C@@H](O)[C@H](O)[C@H]2OC2C[C@](C)(N)[C@H](O)[C@H](C)O2)Oc2ccc(cc2Cl)[C@H]1O. The molecule has 9 amide bonds. The second-order valence-electron chi connectivity index (χ2n) is 28.6. The molecule has 0 aromatic heterocycles. The number of aromatic hydroxyl groups is 3. The maximum absolute atomic E-state index is 16.2. The number of nitrogens with one attached hydrogen (secondary N) is 9. The van der Waals surface area contributed by atoms with Gasteiger partial charge in [-0.3, -0.25) is 43.2 Å². The zero-order valence-electron chi connectivity index (χ0n) is 61.1. The van der Waals surface area contributed by atoms with Gasteiger partial charge in [0.1, 0.15) is 95.5 Å². The summed E-state index contributed by atoms with van der Waals surface area (Å²) in [6, 6.07) is 4.11. The molecule has 7 heterocycles. The van der Waals surface area contributed by atoms with Crippen LogP contribution >= 0.6 is 34.8 Å². The molecule has 22 N–H and O–H groups in total. The number of benzene rings is 6. The van der Waals surface area contributed by atoms with Crippen molar-refractivity contribution in [3.63, 3.8) is 0 Å². The summed E-state index contributed by atoms with van der Waals surface area (Å²) in [4.78, 5) is 134. The summed E-state index contributed by atoms with van der Waals surface area (Å²) < 4.78 is 38.6. The first-order valence-electron chi connectivity index (χ1n) is 35.5. The number of carbonyl (C=O) groups is 9. The third-order valence-corrected chi connectivity index (χ3v) is 20.5. The van der Waals surface area contributed by atoms with E-state index in [1.54, 1.807) is 19.1 Å². The summed E-state index contributed by atoms with van der Waals surface area (Å²) in [6.45, 7) is 6.56. The number of phenolic OH excluding ortho intramolecular Hbond substituents is 3. The minimum atomic E-state index is -2.37. The van der Waals surface area contributed by atoms with Crippen molar-refractivity contribution < 1.29 is 118 Å². The van der Waals surface area contributed by atoms with Crippen molar-refractivity contribution in [1.29, 1.82) is 0 Å². The normalized spacial score (nSPS) is 27.5. The number of halogens is 3. The third kappa shape index (κ3) is 18.5. The number of hydrogen-bond donors (Lipinski definition) is 20. The summed E-state index contributed by atoms with van der Waals surface area (Å²) in [7, 11) is 1.47. The molecule has 6 aromatic carbocycles. The van der Waals surface area contributed by atoms with Crippen LogP contribution in [0, 0.1) is 12.8 Å². The monoisotopic (exact) mass is 1630 g/mol. The molecule has 604 valence electrons. The Hall–Kier alpha value is -10.2. The predicted octanol–water partition coefficient (Wildman–Crippen LogP) is 1.74. The van der Waals surface area contributed by atoms with Gasteiger partial charge in [-0.15, -0.1) is 0 Å². The number of amides is 9. The number of nitrogens with two attached hydrogens (primary N) is 2. The van der Waals surface area contributed by atoms with Crippen LogP contribution in [-0.4, -0.2) is 198 Å². The van der Waals surface area contributed by atoms with E-state index in [-0.39, 0.29) is 56.9 Å². The Morgan fingerprint density at radius 3 is 1.93 bits per heavy atom. The maximum atomic E-state index is 16.2. The number of aryl methyl sites for hydroxylation is 1. The summed E-state index contributed by atoms with van der Waals surface area (Å²) in [5, 5.41) is 127. The number of ether oxygens (including phenoxy) is 6. The summed E-state index contributed by atoms with van der Waals surface area (Å²) in [5.41, 5.74) is 9.00. The van der Waals surface area contributed by atoms with E-state index in [9.17, 15) is 69.9 Å². The quantitative estimate of drug-likeness (QED) is 0.0656. The molecule has 2 saturated heterocycles. The van der Waals surface area contributed by atoms with Gasteiger partial charge < -0.3 is 134 Å². The molecule has 7 aliphatic heterocycles. The molecule has 0 saturated carbocycles. The highest BCUT2D eigenvalue weighted by Gasteiger charge is 2.52. The zero-order valence-corrected chi connectivity index (χ0v) is 63.4. The molecule has 35 nitrogen and oxygen atoms in total. The van der Waals surface area contributed by atoms with E-state index in [0.29, 0.717) is 0 Å². The molecule has 11 bridgehead atoms. The van der Waals surface area contributed by atoms with Gasteiger partial charge in [0, 0.05) is 29.2 Å². The number of likely N-dealkylation sites (N-methyl/N-ethyl adjacent to an activating group) is 1. The van der Waals surface area contributed by atoms with Crippen LogP contribution in [0.1, 0.15) is 111 Å². The van der Waals surface area contributed by atoms with Crippen molar-refractivity contribution in [2.75, 3.05) is 25.5 Å². The first-order valence-corrected chi connectivity index (χ1v) is 36.6. The second-order valence-corrected chi connectivity index (χ2v) is 29.8. The van der Waals surface area contributed by atoms with Gasteiger partial charge in [-0.1, -0.05) is 72.9 Å². The van der Waals surface area contributed by atoms with Crippen LogP contribution < -0.4 is 73.5 Å². The van der Waals surface area contributed by atoms with Gasteiger partial charge in [-0.25, -0.2) is 0 Å². The van der Waals surface area contributed by atoms with Gasteiger partial charge in [-0.05, 0) is 140 Å². The van der Waals surface area contributed by atoms with Crippen molar-refractivity contribution in [2.24, 2.45) is 17.4 Å². The average molecular weight is 1630 g/mol. The van der Waals surface area contributed by atoms with Crippen molar-refractivity contribution in [3.05, 3.63) is 146 Å². The fraction of sp³-hybridized carbons (Fsp3) is 0.400. The van der Waals surface area contributed by atoms with E-state index in [0.717, 1.165) is 72.3 Å². The molecule has 38 heteroatoms. The van der Waals surface area contributed by atoms with Crippen LogP contribution in [-0.2, 0) is 57.4 Å². The summed E-state index contributed by atoms with van der Waals surface area (Å²) in [5.74, 6) is -16.4. The number of aliphatic hydroxyl groups is 6. The number of hydrogen-bond acceptors (Lipinski definition) is 26. The third-order valence-electron chi connectivity index (χ3n) is 19.6. The number of carbonyl (C=O) groups excluding carboxylic acids is 9. The molecule has 0 aliphatic carbocycles. The van der Waals surface area contributed by atoms with E-state index in [1.807, 2.05) is 13.8 Å². The maximum Gasteiger partial charge on any atom is 0.248 e. The summed E-state index contributed by atoms with van der Waals surface area (Å²) >= 11 is 20.6. The number of rotatable bonds is 16. The van der Waals surface area contributed by atoms with Crippen LogP contribution in [0.3, 0.4) is 0 Å². The number of fused-ring (bicyclic) bond motifs is 15. The lowest BCUT2D eigenvalue weighted by atomic mass is 9.86. The second kappa shape index (κ2) is 34.6. The fourth-order valence-corrected chi connectivity index (χ4v) is 14.4. The van der Waals surface area contributed by atoms with E-state index in [4.69, 9.17) is 74.7 Å². The van der Waals surface area contributed by atoms with Crippen molar-refractivity contribution in [3.8, 4) is 57.1 Å². The predicted molar refractivity (Wildman–Crippen MR) is 399 cm³/mol. The largest absolute Gasteiger partial charge is 0.508 e. The fourth-order valence-electron chi connectivity index (χ4n) is 13.7. The van der Waals surface area contributed by atoms with Gasteiger partial charge in [0.2, 0.25) is 65.2 Å². The van der Waals surface area contributed by atoms with Gasteiger partial charge in [0.05, 0.1) is 58.6 Å². The van der Waals surface area contributed by atoms with Crippen LogP contribution in [0.2, 0.25) is 15.1 Å². The number of primary amides is 1. The Balaban J connectivity index is 1.13. The van der Waals surface area contributed by atoms with Crippen LogP contribution in [0.25, 0.3) is 11.1 Å². The molecule has 13 rings (SSSR count). The van der Waals surface area contributed by atoms with Crippen LogP contribution in [0.4, 0.5) is 5.69 Å². The molecule has 6 aromatic rings. The molecule has 18 atom stereocenters. The minimum Gasteiger partial charge on any atom is -0.508 e. The number of anilines is 1. The van der Waals surface area contributed by atoms with E-state index in [1.165, 1.54) is 39.1 Å². The lowest BCUT2D eigenvalue weighted by molar-refractivity contribution is -0.333. The standard InChI is InChI=1S/C75H84Cl3N11O24/c1-28(2)15-42(81-6)67(101)88-58-60(96)32-9-13-46(39(77)18-32)109-48-20-34-21-49(64(48)113-74-65(63(99)62(98)50(27-90)111-74)112-53-25-75(5,80)66(100)30(4)108-53)110-47-14-10-33(19-40(47)78)61(97)59-73(107)87-57(69(103)82-26-52(95)83-41-11-7-29(3)16-38(41)76)37-22-35(91)23-45(93)54(37)36-17-31(8-12-44(36)92)55(70(104)89-59)86-71(105)56(34)85-68(102)43(24-51(79)94)84-72(58)106/h7-14,16-23,28,30,42-43,50,53,55-63,65-66,74,81,90-93,96-100H,15,24-27,80H2,1-6H3,(H2,79,94)(H,82,103)(H,83,95)(H,84,106)(H,85,102)(H,86,105)(H,87,107)(H,88,101)(H,89,104)/t30-,42+,43-,50+,53?,55+,56?,57?,58+,59-,60+,61+,62+,63-,65+,66+,74-,75-/m0/s1. The highest BCUT2D eigenvalue weighted by Crippen LogP contribution is 2.50. The Labute approximate surface area is 659 Å². The van der Waals surface area contributed by atoms with Crippen LogP contribution in [0.5, 0.6) is 46.0 Å². The Morgan fingerprint density at radius 2 is 1.32 bits per heavy atom. The first kappa shape index (κ1) is 83.7. The van der Waals surface area contributed by atoms with Crippen LogP contribution in [0.15, 0.2) is 97.1 Å². The zero-order chi connectivity index (χ0) is 82.1. The van der Waals surface area contributed by atoms with E-state index in [2.05, 4.69) is 47.9 Å². The molecule has 3 unspecified atom stereocenters. The average Bonchev–Trinajstić information content (AvgIpc) is 0.763. The summed E-state index contributed by atoms with van der Waals surface area (Å²) in [6.07, 6.45) is -18.8. The molecular formula is C75H84Cl3N11O24. The van der Waals surface area contributed by atoms with Gasteiger partial charge in [-0.2, -0.15) is 0 Å². The van der Waals surface area contributed by atoms with E-state index < -0.39 is 250 Å². The topological polar surface area (TPSA) is 551 Å². The molecule has 0 radical (unpaired) electrons. The molecule has 0 spiro atoms. The molecule has 113 heavy (non-hydrogen) atoms. The molecule has 2 fully saturated rings. The Morgan fingerprint density at radius 1 is 0.690 bits per heavy atom. The van der Waals surface area contributed by atoms with Gasteiger partial charge >= 0.3 is 0 Å². The van der Waals surface area contributed by atoms with Crippen molar-refractivity contribution in [1.82, 2.24) is 42.5 Å². The van der Waals surface area contributed by atoms with E-state index >= 15 is 19.2 Å². The Kier molecular flexibility index (Phi) is 25.7. The van der Waals surface area contributed by atoms with Crippen molar-refractivity contribution >= 4 is 93.7 Å². The molecular weight excluding hydrogens is 1550 g/mol. The Bertz CT molecular complexity index is 4710. The lowest BCUT2D eigenvalue weighted by Crippen LogP contribution is -2.64. The first-order chi connectivity index (χ1) is 53.4. The number of phenols is 3. The van der Waals surface area contributed by atoms with Gasteiger partial charge in [0.15, 0.2) is 23.9 Å². The highest BCUT2D eigenvalue weighted by molar-refractivity contribution is 6.34. The minimum absolute atomic E-state index is 0.110.